The summed E-state index contributed by atoms with van der Waals surface area (Å²) in [4.78, 5) is 0. The van der Waals surface area contributed by atoms with Crippen molar-refractivity contribution >= 4 is 0 Å². The molecule has 0 unspecified atom stereocenters. The Hall–Kier alpha value is -1.80. The number of fused-ring (bicyclic) bond motifs is 3. The van der Waals surface area contributed by atoms with Crippen LogP contribution in [0.1, 0.15) is 91.2 Å². The highest BCUT2D eigenvalue weighted by Gasteiger charge is 2.55. The van der Waals surface area contributed by atoms with Crippen molar-refractivity contribution in [2.24, 2.45) is 0 Å². The van der Waals surface area contributed by atoms with Crippen LogP contribution in [0.15, 0.2) is 0 Å². The number of rotatable bonds is 0. The van der Waals surface area contributed by atoms with Crippen LogP contribution in [0.2, 0.25) is 0 Å². The number of hydrogen-bond acceptors (Lipinski definition) is 2. The van der Waals surface area contributed by atoms with Crippen LogP contribution in [-0.2, 0) is 10.8 Å². The lowest BCUT2D eigenvalue weighted by molar-refractivity contribution is 0.323. The summed E-state index contributed by atoms with van der Waals surface area (Å²) in [5.41, 5.74) is 7.11. The van der Waals surface area contributed by atoms with Crippen LogP contribution in [0.25, 0.3) is 0 Å². The van der Waals surface area contributed by atoms with Gasteiger partial charge in [-0.25, -0.2) is 0 Å². The van der Waals surface area contributed by atoms with Gasteiger partial charge in [0, 0.05) is 0 Å². The Kier molecular flexibility index (Phi) is 3.11. The lowest BCUT2D eigenvalue weighted by atomic mass is 9.74. The minimum Gasteiger partial charge on any atom is -0.192 e. The molecule has 0 aliphatic heterocycles. The first-order valence-corrected chi connectivity index (χ1v) is 9.07. The second kappa shape index (κ2) is 4.85. The van der Waals surface area contributed by atoms with E-state index in [0.29, 0.717) is 22.0 Å². The van der Waals surface area contributed by atoms with Crippen LogP contribution in [-0.4, -0.2) is 0 Å². The summed E-state index contributed by atoms with van der Waals surface area (Å²) < 4.78 is 0. The first-order chi connectivity index (χ1) is 11.1. The molecule has 0 radical (unpaired) electrons. The van der Waals surface area contributed by atoms with E-state index in [-0.39, 0.29) is 0 Å². The van der Waals surface area contributed by atoms with Crippen molar-refractivity contribution in [3.8, 4) is 12.1 Å². The molecular formula is C21H24N2. The van der Waals surface area contributed by atoms with E-state index in [1.165, 1.54) is 68.9 Å². The zero-order chi connectivity index (χ0) is 16.2. The smallest absolute Gasteiger partial charge is 0.101 e. The summed E-state index contributed by atoms with van der Waals surface area (Å²) in [7, 11) is 0. The van der Waals surface area contributed by atoms with E-state index >= 15 is 0 Å². The van der Waals surface area contributed by atoms with Crippen LogP contribution in [0.4, 0.5) is 0 Å². The third kappa shape index (κ3) is 1.73. The minimum absolute atomic E-state index is 0.300. The van der Waals surface area contributed by atoms with Crippen LogP contribution >= 0.6 is 0 Å². The van der Waals surface area contributed by atoms with Gasteiger partial charge < -0.3 is 0 Å². The van der Waals surface area contributed by atoms with Crippen LogP contribution < -0.4 is 0 Å². The van der Waals surface area contributed by atoms with E-state index in [4.69, 9.17) is 0 Å². The second-order valence-electron chi connectivity index (χ2n) is 8.13. The van der Waals surface area contributed by atoms with Gasteiger partial charge in [0.1, 0.15) is 12.1 Å². The Morgan fingerprint density at radius 2 is 1.04 bits per heavy atom. The predicted molar refractivity (Wildman–Crippen MR) is 90.3 cm³/mol. The lowest BCUT2D eigenvalue weighted by Gasteiger charge is -2.29. The fourth-order valence-corrected chi connectivity index (χ4v) is 6.39. The Balaban J connectivity index is 2.10. The highest BCUT2D eigenvalue weighted by atomic mass is 14.6. The molecule has 0 heterocycles. The van der Waals surface area contributed by atoms with Gasteiger partial charge in [0.25, 0.3) is 0 Å². The highest BCUT2D eigenvalue weighted by Crippen LogP contribution is 2.64. The summed E-state index contributed by atoms with van der Waals surface area (Å²) in [5, 5.41) is 19.3. The van der Waals surface area contributed by atoms with Gasteiger partial charge in [-0.05, 0) is 79.0 Å². The van der Waals surface area contributed by atoms with Crippen LogP contribution in [0.3, 0.4) is 0 Å². The zero-order valence-electron chi connectivity index (χ0n) is 14.3. The molecule has 1 aromatic carbocycles. The molecule has 3 aliphatic carbocycles. The molecule has 0 N–H and O–H groups in total. The lowest BCUT2D eigenvalue weighted by Crippen LogP contribution is -2.24. The van der Waals surface area contributed by atoms with E-state index in [1.807, 2.05) is 0 Å². The molecule has 3 aliphatic rings. The van der Waals surface area contributed by atoms with Crippen molar-refractivity contribution < 1.29 is 0 Å². The maximum absolute atomic E-state index is 9.67. The molecule has 0 bridgehead atoms. The van der Waals surface area contributed by atoms with Crippen molar-refractivity contribution in [2.75, 3.05) is 0 Å². The van der Waals surface area contributed by atoms with Crippen molar-refractivity contribution in [1.29, 1.82) is 10.5 Å². The molecule has 2 spiro atoms. The molecule has 2 saturated carbocycles. The number of benzene rings is 1. The number of hydrogen-bond donors (Lipinski definition) is 0. The van der Waals surface area contributed by atoms with Crippen LogP contribution in [0.5, 0.6) is 0 Å². The summed E-state index contributed by atoms with van der Waals surface area (Å²) in [6.45, 7) is 4.21. The van der Waals surface area contributed by atoms with Gasteiger partial charge >= 0.3 is 0 Å². The first kappa shape index (κ1) is 14.8. The normalized spacial score (nSPS) is 23.1. The molecule has 0 atom stereocenters. The molecule has 0 saturated heterocycles. The fourth-order valence-electron chi connectivity index (χ4n) is 6.39. The molecule has 4 rings (SSSR count). The van der Waals surface area contributed by atoms with Gasteiger partial charge in [-0.1, -0.05) is 25.7 Å². The van der Waals surface area contributed by atoms with E-state index in [1.54, 1.807) is 0 Å². The topological polar surface area (TPSA) is 47.6 Å². The minimum atomic E-state index is 0.300. The van der Waals surface area contributed by atoms with E-state index < -0.39 is 0 Å². The average Bonchev–Trinajstić information content (AvgIpc) is 3.25. The Morgan fingerprint density at radius 3 is 1.35 bits per heavy atom. The molecule has 1 aromatic rings. The molecule has 23 heavy (non-hydrogen) atoms. The summed E-state index contributed by atoms with van der Waals surface area (Å²) in [5.74, 6) is 0. The standard InChI is InChI=1S/C21H24N2/c1-14-16(11-22)17(12-23)15(2)19-18(14)20(7-3-4-8-20)13-21(19)9-5-6-10-21/h3-10,13H2,1-2H3. The molecule has 2 nitrogen and oxygen atoms in total. The molecule has 2 heteroatoms. The van der Waals surface area contributed by atoms with Gasteiger partial charge in [-0.3, -0.25) is 0 Å². The third-order valence-corrected chi connectivity index (χ3v) is 7.08. The van der Waals surface area contributed by atoms with E-state index in [0.717, 1.165) is 11.1 Å². The molecular weight excluding hydrogens is 280 g/mol. The second-order valence-corrected chi connectivity index (χ2v) is 8.13. The van der Waals surface area contributed by atoms with Crippen LogP contribution in [0, 0.1) is 36.5 Å². The van der Waals surface area contributed by atoms with Crippen molar-refractivity contribution in [1.82, 2.24) is 0 Å². The summed E-state index contributed by atoms with van der Waals surface area (Å²) in [6, 6.07) is 4.70. The Labute approximate surface area is 139 Å². The fraction of sp³-hybridized carbons (Fsp3) is 0.619. The third-order valence-electron chi connectivity index (χ3n) is 7.08. The average molecular weight is 304 g/mol. The zero-order valence-corrected chi connectivity index (χ0v) is 14.3. The molecule has 118 valence electrons. The van der Waals surface area contributed by atoms with Crippen molar-refractivity contribution in [2.45, 2.75) is 82.5 Å². The maximum atomic E-state index is 9.67. The summed E-state index contributed by atoms with van der Waals surface area (Å²) >= 11 is 0. The summed E-state index contributed by atoms with van der Waals surface area (Å²) in [6.07, 6.45) is 11.6. The quantitative estimate of drug-likeness (QED) is 0.671. The van der Waals surface area contributed by atoms with Gasteiger partial charge in [-0.15, -0.1) is 0 Å². The van der Waals surface area contributed by atoms with E-state index in [9.17, 15) is 10.5 Å². The SMILES string of the molecule is Cc1c(C#N)c(C#N)c(C)c2c1C1(CCCC1)CC21CCCC1. The number of nitriles is 2. The van der Waals surface area contributed by atoms with E-state index in [2.05, 4.69) is 26.0 Å². The largest absolute Gasteiger partial charge is 0.192 e. The first-order valence-electron chi connectivity index (χ1n) is 9.07. The van der Waals surface area contributed by atoms with Gasteiger partial charge in [0.2, 0.25) is 0 Å². The van der Waals surface area contributed by atoms with Gasteiger partial charge in [-0.2, -0.15) is 10.5 Å². The number of nitrogens with zero attached hydrogens (tertiary/aromatic N) is 2. The monoisotopic (exact) mass is 304 g/mol. The van der Waals surface area contributed by atoms with Gasteiger partial charge in [0.15, 0.2) is 0 Å². The van der Waals surface area contributed by atoms with Crippen molar-refractivity contribution in [3.05, 3.63) is 33.4 Å². The van der Waals surface area contributed by atoms with Gasteiger partial charge in [0.05, 0.1) is 11.1 Å². The molecule has 0 aromatic heterocycles. The molecule has 0 amide bonds. The highest BCUT2D eigenvalue weighted by molar-refractivity contribution is 5.66. The maximum Gasteiger partial charge on any atom is 0.101 e. The predicted octanol–water partition coefficient (Wildman–Crippen LogP) is 5.07. The molecule has 2 fully saturated rings. The van der Waals surface area contributed by atoms with Crippen molar-refractivity contribution in [3.63, 3.8) is 0 Å². The Morgan fingerprint density at radius 1 is 0.696 bits per heavy atom. The Bertz CT molecular complexity index is 696.